The zero-order valence-corrected chi connectivity index (χ0v) is 17.3. The molecular formula is C20H20N6O3S. The van der Waals surface area contributed by atoms with E-state index >= 15 is 0 Å². The Morgan fingerprint density at radius 2 is 2.00 bits per heavy atom. The molecule has 9 nitrogen and oxygen atoms in total. The summed E-state index contributed by atoms with van der Waals surface area (Å²) >= 11 is 1.26. The summed E-state index contributed by atoms with van der Waals surface area (Å²) in [6.45, 7) is 2.24. The number of tetrazole rings is 1. The molecule has 1 aromatic heterocycles. The number of hydrogen-bond acceptors (Lipinski definition) is 7. The van der Waals surface area contributed by atoms with Crippen LogP contribution in [0.1, 0.15) is 12.5 Å². The molecule has 1 aliphatic rings. The number of fused-ring (bicyclic) bond motifs is 1. The third-order valence-electron chi connectivity index (χ3n) is 4.66. The number of thioether (sulfide) groups is 1. The molecule has 2 aromatic carbocycles. The van der Waals surface area contributed by atoms with Crippen LogP contribution in [-0.4, -0.2) is 50.9 Å². The van der Waals surface area contributed by atoms with Crippen molar-refractivity contribution in [2.45, 2.75) is 23.9 Å². The van der Waals surface area contributed by atoms with E-state index in [1.165, 1.54) is 16.7 Å². The zero-order valence-electron chi connectivity index (χ0n) is 16.5. The van der Waals surface area contributed by atoms with Crippen LogP contribution >= 0.6 is 11.8 Å². The number of nitrogens with one attached hydrogen (secondary N) is 1. The SMILES string of the molecule is COc1ccc(Cn2nnnc2S[C@H](C)C(=O)N2CC(=O)Nc3ccccc32)cc1. The van der Waals surface area contributed by atoms with Crippen molar-refractivity contribution in [3.8, 4) is 5.75 Å². The van der Waals surface area contributed by atoms with Crippen LogP contribution in [-0.2, 0) is 16.1 Å². The van der Waals surface area contributed by atoms with Crippen LogP contribution in [0.15, 0.2) is 53.7 Å². The Bertz CT molecular complexity index is 1070. The Hall–Kier alpha value is -3.40. The number of ether oxygens (including phenoxy) is 1. The highest BCUT2D eigenvalue weighted by atomic mass is 32.2. The van der Waals surface area contributed by atoms with Crippen LogP contribution in [0.3, 0.4) is 0 Å². The van der Waals surface area contributed by atoms with Crippen LogP contribution in [0, 0.1) is 0 Å². The maximum atomic E-state index is 13.1. The molecule has 0 bridgehead atoms. The van der Waals surface area contributed by atoms with Crippen LogP contribution in [0.5, 0.6) is 5.75 Å². The largest absolute Gasteiger partial charge is 0.497 e. The number of carbonyl (C=O) groups is 2. The summed E-state index contributed by atoms with van der Waals surface area (Å²) in [6, 6.07) is 14.9. The molecular weight excluding hydrogens is 404 g/mol. The minimum absolute atomic E-state index is 0.0163. The lowest BCUT2D eigenvalue weighted by atomic mass is 10.2. The highest BCUT2D eigenvalue weighted by Gasteiger charge is 2.30. The fourth-order valence-corrected chi connectivity index (χ4v) is 3.99. The minimum Gasteiger partial charge on any atom is -0.497 e. The summed E-state index contributed by atoms with van der Waals surface area (Å²) in [5.74, 6) is 0.375. The van der Waals surface area contributed by atoms with Gasteiger partial charge in [-0.2, -0.15) is 0 Å². The average molecular weight is 424 g/mol. The Kier molecular flexibility index (Phi) is 5.66. The van der Waals surface area contributed by atoms with E-state index in [0.29, 0.717) is 23.1 Å². The Morgan fingerprint density at radius 1 is 1.23 bits per heavy atom. The van der Waals surface area contributed by atoms with E-state index in [2.05, 4.69) is 20.8 Å². The van der Waals surface area contributed by atoms with Gasteiger partial charge in [0.25, 0.3) is 0 Å². The van der Waals surface area contributed by atoms with Gasteiger partial charge in [-0.05, 0) is 47.2 Å². The molecule has 154 valence electrons. The van der Waals surface area contributed by atoms with E-state index in [-0.39, 0.29) is 18.4 Å². The topological polar surface area (TPSA) is 102 Å². The Balaban J connectivity index is 1.48. The van der Waals surface area contributed by atoms with Gasteiger partial charge in [0.1, 0.15) is 12.3 Å². The first-order valence-corrected chi connectivity index (χ1v) is 10.2. The quantitative estimate of drug-likeness (QED) is 0.605. The number of benzene rings is 2. The van der Waals surface area contributed by atoms with E-state index in [0.717, 1.165) is 11.3 Å². The smallest absolute Gasteiger partial charge is 0.244 e. The number of para-hydroxylation sites is 2. The summed E-state index contributed by atoms with van der Waals surface area (Å²) in [5, 5.41) is 14.7. The summed E-state index contributed by atoms with van der Waals surface area (Å²) in [5.41, 5.74) is 2.32. The van der Waals surface area contributed by atoms with E-state index < -0.39 is 5.25 Å². The number of carbonyl (C=O) groups excluding carboxylic acids is 2. The van der Waals surface area contributed by atoms with Gasteiger partial charge in [-0.15, -0.1) is 5.10 Å². The second kappa shape index (κ2) is 8.54. The first kappa shape index (κ1) is 19.9. The number of rotatable bonds is 6. The third-order valence-corrected chi connectivity index (χ3v) is 5.72. The Labute approximate surface area is 177 Å². The predicted molar refractivity (Wildman–Crippen MR) is 113 cm³/mol. The highest BCUT2D eigenvalue weighted by molar-refractivity contribution is 8.00. The molecule has 0 saturated heterocycles. The predicted octanol–water partition coefficient (Wildman–Crippen LogP) is 2.20. The van der Waals surface area contributed by atoms with Crippen LogP contribution in [0.25, 0.3) is 0 Å². The molecule has 4 rings (SSSR count). The van der Waals surface area contributed by atoms with Gasteiger partial charge >= 0.3 is 0 Å². The van der Waals surface area contributed by atoms with Gasteiger partial charge in [0.15, 0.2) is 0 Å². The highest BCUT2D eigenvalue weighted by Crippen LogP contribution is 2.31. The molecule has 2 amide bonds. The molecule has 0 aliphatic carbocycles. The fourth-order valence-electron chi connectivity index (χ4n) is 3.14. The number of anilines is 2. The molecule has 0 saturated carbocycles. The van der Waals surface area contributed by atoms with E-state index in [9.17, 15) is 9.59 Å². The summed E-state index contributed by atoms with van der Waals surface area (Å²) in [6.07, 6.45) is 0. The lowest BCUT2D eigenvalue weighted by Gasteiger charge is -2.30. The number of methoxy groups -OCH3 is 1. The molecule has 0 radical (unpaired) electrons. The minimum atomic E-state index is -0.482. The summed E-state index contributed by atoms with van der Waals surface area (Å²) in [7, 11) is 1.62. The monoisotopic (exact) mass is 424 g/mol. The maximum absolute atomic E-state index is 13.1. The number of nitrogens with zero attached hydrogens (tertiary/aromatic N) is 5. The van der Waals surface area contributed by atoms with Gasteiger partial charge < -0.3 is 10.1 Å². The molecule has 10 heteroatoms. The molecule has 1 N–H and O–H groups in total. The second-order valence-corrected chi connectivity index (χ2v) is 8.02. The van der Waals surface area contributed by atoms with Gasteiger partial charge in [0.2, 0.25) is 17.0 Å². The summed E-state index contributed by atoms with van der Waals surface area (Å²) in [4.78, 5) is 26.6. The zero-order chi connectivity index (χ0) is 21.1. The first-order valence-electron chi connectivity index (χ1n) is 9.31. The molecule has 30 heavy (non-hydrogen) atoms. The average Bonchev–Trinajstić information content (AvgIpc) is 3.19. The molecule has 0 fully saturated rings. The number of aromatic nitrogens is 4. The fraction of sp³-hybridized carbons (Fsp3) is 0.250. The molecule has 0 spiro atoms. The van der Waals surface area contributed by atoms with Gasteiger partial charge in [0, 0.05) is 0 Å². The normalized spacial score (nSPS) is 14.1. The summed E-state index contributed by atoms with van der Waals surface area (Å²) < 4.78 is 6.82. The van der Waals surface area contributed by atoms with Gasteiger partial charge in [-0.1, -0.05) is 36.0 Å². The van der Waals surface area contributed by atoms with E-state index in [1.54, 1.807) is 24.8 Å². The van der Waals surface area contributed by atoms with Crippen LogP contribution < -0.4 is 15.0 Å². The third kappa shape index (κ3) is 4.13. The van der Waals surface area contributed by atoms with Crippen molar-refractivity contribution in [1.29, 1.82) is 0 Å². The van der Waals surface area contributed by atoms with Crippen molar-refractivity contribution < 1.29 is 14.3 Å². The van der Waals surface area contributed by atoms with E-state index in [4.69, 9.17) is 4.74 Å². The van der Waals surface area contributed by atoms with Crippen LogP contribution in [0.2, 0.25) is 0 Å². The van der Waals surface area contributed by atoms with Gasteiger partial charge in [0.05, 0.1) is 30.3 Å². The Morgan fingerprint density at radius 3 is 2.77 bits per heavy atom. The lowest BCUT2D eigenvalue weighted by molar-refractivity contribution is -0.121. The molecule has 2 heterocycles. The molecule has 3 aromatic rings. The van der Waals surface area contributed by atoms with Crippen molar-refractivity contribution in [1.82, 2.24) is 20.2 Å². The first-order chi connectivity index (χ1) is 14.5. The van der Waals surface area contributed by atoms with Crippen LogP contribution in [0.4, 0.5) is 11.4 Å². The second-order valence-electron chi connectivity index (χ2n) is 6.72. The van der Waals surface area contributed by atoms with E-state index in [1.807, 2.05) is 42.5 Å². The van der Waals surface area contributed by atoms with Crippen molar-refractivity contribution in [2.75, 3.05) is 23.9 Å². The van der Waals surface area contributed by atoms with Gasteiger partial charge in [-0.25, -0.2) is 4.68 Å². The van der Waals surface area contributed by atoms with Crippen molar-refractivity contribution >= 4 is 35.0 Å². The molecule has 0 unspecified atom stereocenters. The molecule has 1 atom stereocenters. The lowest BCUT2D eigenvalue weighted by Crippen LogP contribution is -2.45. The van der Waals surface area contributed by atoms with Crippen molar-refractivity contribution in [2.24, 2.45) is 0 Å². The molecule has 1 aliphatic heterocycles. The number of hydrogen-bond donors (Lipinski definition) is 1. The van der Waals surface area contributed by atoms with Crippen molar-refractivity contribution in [3.63, 3.8) is 0 Å². The maximum Gasteiger partial charge on any atom is 0.244 e. The standard InChI is InChI=1S/C20H20N6O3S/c1-13(19(28)25-12-18(27)21-16-5-3-4-6-17(16)25)30-20-22-23-24-26(20)11-14-7-9-15(29-2)10-8-14/h3-10,13H,11-12H2,1-2H3,(H,21,27)/t13-/m1/s1. The van der Waals surface area contributed by atoms with Crippen molar-refractivity contribution in [3.05, 3.63) is 54.1 Å². The van der Waals surface area contributed by atoms with Gasteiger partial charge in [-0.3, -0.25) is 14.5 Å². The number of amides is 2.